The summed E-state index contributed by atoms with van der Waals surface area (Å²) in [6, 6.07) is 1.43. The third-order valence-corrected chi connectivity index (χ3v) is 1.73. The van der Waals surface area contributed by atoms with Crippen molar-refractivity contribution in [1.29, 1.82) is 0 Å². The molecule has 15 heavy (non-hydrogen) atoms. The summed E-state index contributed by atoms with van der Waals surface area (Å²) in [5.41, 5.74) is 10.6. The highest BCUT2D eigenvalue weighted by Gasteiger charge is 2.07. The van der Waals surface area contributed by atoms with Gasteiger partial charge in [-0.25, -0.2) is 0 Å². The molecule has 1 aromatic heterocycles. The summed E-state index contributed by atoms with van der Waals surface area (Å²) in [7, 11) is 0. The third-order valence-electron chi connectivity index (χ3n) is 1.73. The van der Waals surface area contributed by atoms with E-state index < -0.39 is 0 Å². The molecule has 7 nitrogen and oxygen atoms in total. The zero-order valence-corrected chi connectivity index (χ0v) is 8.12. The van der Waals surface area contributed by atoms with Crippen molar-refractivity contribution in [2.45, 2.75) is 12.8 Å². The van der Waals surface area contributed by atoms with E-state index in [1.165, 1.54) is 6.07 Å². The van der Waals surface area contributed by atoms with Gasteiger partial charge in [0.25, 0.3) is 5.91 Å². The maximum Gasteiger partial charge on any atom is 0.269 e. The van der Waals surface area contributed by atoms with E-state index in [0.717, 1.165) is 0 Å². The van der Waals surface area contributed by atoms with Crippen LogP contribution in [-0.2, 0) is 4.79 Å². The van der Waals surface area contributed by atoms with E-state index >= 15 is 0 Å². The minimum absolute atomic E-state index is 0.255. The summed E-state index contributed by atoms with van der Waals surface area (Å²) in [6.07, 6.45) is 0.774. The largest absolute Gasteiger partial charge is 0.382 e. The van der Waals surface area contributed by atoms with Crippen molar-refractivity contribution in [3.63, 3.8) is 0 Å². The van der Waals surface area contributed by atoms with Crippen LogP contribution in [0.15, 0.2) is 6.07 Å². The summed E-state index contributed by atoms with van der Waals surface area (Å²) in [4.78, 5) is 21.7. The fourth-order valence-corrected chi connectivity index (χ4v) is 1.01. The first-order chi connectivity index (χ1) is 7.09. The molecule has 1 heterocycles. The molecule has 0 aliphatic rings. The molecule has 2 amide bonds. The quantitative estimate of drug-likeness (QED) is 0.465. The Morgan fingerprint density at radius 3 is 2.80 bits per heavy atom. The van der Waals surface area contributed by atoms with Gasteiger partial charge in [0, 0.05) is 19.0 Å². The van der Waals surface area contributed by atoms with E-state index in [1.807, 2.05) is 0 Å². The zero-order valence-electron chi connectivity index (χ0n) is 8.12. The molecule has 1 aromatic rings. The lowest BCUT2D eigenvalue weighted by atomic mass is 10.3. The number of aromatic nitrogens is 2. The van der Waals surface area contributed by atoms with Crippen LogP contribution >= 0.6 is 0 Å². The number of H-pyrrole nitrogens is 1. The maximum absolute atomic E-state index is 11.3. The Morgan fingerprint density at radius 2 is 2.27 bits per heavy atom. The number of carbonyl (C=O) groups is 2. The lowest BCUT2D eigenvalue weighted by molar-refractivity contribution is -0.118. The number of nitrogens with two attached hydrogens (primary N) is 2. The topological polar surface area (TPSA) is 127 Å². The number of amides is 2. The SMILES string of the molecule is NC(=O)CCCNC(=O)c1cc(N)n[nH]1. The van der Waals surface area contributed by atoms with E-state index in [0.29, 0.717) is 18.7 Å². The molecule has 0 aliphatic heterocycles. The lowest BCUT2D eigenvalue weighted by Crippen LogP contribution is -2.25. The fourth-order valence-electron chi connectivity index (χ4n) is 1.01. The van der Waals surface area contributed by atoms with Gasteiger partial charge in [0.1, 0.15) is 11.5 Å². The molecule has 0 fully saturated rings. The molecule has 1 rings (SSSR count). The monoisotopic (exact) mass is 211 g/mol. The fraction of sp³-hybridized carbons (Fsp3) is 0.375. The van der Waals surface area contributed by atoms with Gasteiger partial charge in [-0.2, -0.15) is 5.10 Å². The molecule has 0 spiro atoms. The van der Waals surface area contributed by atoms with Gasteiger partial charge in [0.2, 0.25) is 5.91 Å². The smallest absolute Gasteiger partial charge is 0.269 e. The molecule has 0 saturated heterocycles. The van der Waals surface area contributed by atoms with Crippen molar-refractivity contribution in [3.05, 3.63) is 11.8 Å². The molecule has 0 unspecified atom stereocenters. The van der Waals surface area contributed by atoms with Crippen LogP contribution in [0, 0.1) is 0 Å². The van der Waals surface area contributed by atoms with Crippen molar-refractivity contribution in [1.82, 2.24) is 15.5 Å². The summed E-state index contributed by atoms with van der Waals surface area (Å²) < 4.78 is 0. The van der Waals surface area contributed by atoms with Gasteiger partial charge < -0.3 is 16.8 Å². The molecule has 0 aromatic carbocycles. The van der Waals surface area contributed by atoms with Crippen molar-refractivity contribution in [2.24, 2.45) is 5.73 Å². The number of hydrogen-bond acceptors (Lipinski definition) is 4. The van der Waals surface area contributed by atoms with Crippen LogP contribution in [0.5, 0.6) is 0 Å². The molecule has 6 N–H and O–H groups in total. The van der Waals surface area contributed by atoms with Gasteiger partial charge in [-0.15, -0.1) is 0 Å². The number of aromatic amines is 1. The number of rotatable bonds is 5. The van der Waals surface area contributed by atoms with Crippen molar-refractivity contribution in [2.75, 3.05) is 12.3 Å². The Kier molecular flexibility index (Phi) is 3.67. The van der Waals surface area contributed by atoms with Gasteiger partial charge in [0.05, 0.1) is 0 Å². The Hall–Kier alpha value is -2.05. The number of anilines is 1. The van der Waals surface area contributed by atoms with E-state index in [1.54, 1.807) is 0 Å². The number of nitrogens with zero attached hydrogens (tertiary/aromatic N) is 1. The third kappa shape index (κ3) is 3.67. The van der Waals surface area contributed by atoms with Gasteiger partial charge in [-0.1, -0.05) is 0 Å². The summed E-state index contributed by atoms with van der Waals surface area (Å²) in [5, 5.41) is 8.68. The van der Waals surface area contributed by atoms with Gasteiger partial charge in [0.15, 0.2) is 0 Å². The second kappa shape index (κ2) is 4.99. The highest BCUT2D eigenvalue weighted by atomic mass is 16.2. The standard InChI is InChI=1S/C8H13N5O2/c9-6-4-5(12-13-6)8(15)11-3-1-2-7(10)14/h4H,1-3H2,(H2,10,14)(H,11,15)(H3,9,12,13). The number of primary amides is 1. The lowest BCUT2D eigenvalue weighted by Gasteiger charge is -2.01. The average Bonchev–Trinajstić information content (AvgIpc) is 2.59. The number of nitrogens with one attached hydrogen (secondary N) is 2. The first-order valence-electron chi connectivity index (χ1n) is 4.47. The molecule has 7 heteroatoms. The van der Waals surface area contributed by atoms with E-state index in [4.69, 9.17) is 11.5 Å². The van der Waals surface area contributed by atoms with Gasteiger partial charge >= 0.3 is 0 Å². The minimum Gasteiger partial charge on any atom is -0.382 e. The molecule has 0 saturated carbocycles. The van der Waals surface area contributed by atoms with E-state index in [-0.39, 0.29) is 24.1 Å². The van der Waals surface area contributed by atoms with Crippen LogP contribution < -0.4 is 16.8 Å². The second-order valence-electron chi connectivity index (χ2n) is 3.03. The maximum atomic E-state index is 11.3. The summed E-state index contributed by atoms with van der Waals surface area (Å²) in [6.45, 7) is 0.390. The zero-order chi connectivity index (χ0) is 11.3. The highest BCUT2D eigenvalue weighted by molar-refractivity contribution is 5.92. The number of carbonyl (C=O) groups excluding carboxylic acids is 2. The van der Waals surface area contributed by atoms with Crippen molar-refractivity contribution in [3.8, 4) is 0 Å². The van der Waals surface area contributed by atoms with Crippen LogP contribution in [-0.4, -0.2) is 28.6 Å². The molecular weight excluding hydrogens is 198 g/mol. The van der Waals surface area contributed by atoms with Gasteiger partial charge in [-0.3, -0.25) is 14.7 Å². The predicted octanol–water partition coefficient (Wildman–Crippen LogP) is -1.01. The molecular formula is C8H13N5O2. The summed E-state index contributed by atoms with van der Waals surface area (Å²) in [5.74, 6) is -0.420. The first kappa shape index (κ1) is 11.0. The molecule has 0 atom stereocenters. The normalized spacial score (nSPS) is 9.87. The molecule has 0 bridgehead atoms. The Balaban J connectivity index is 2.28. The molecule has 82 valence electrons. The number of hydrogen-bond donors (Lipinski definition) is 4. The Bertz CT molecular complexity index is 360. The Labute approximate surface area is 86.2 Å². The first-order valence-corrected chi connectivity index (χ1v) is 4.47. The summed E-state index contributed by atoms with van der Waals surface area (Å²) >= 11 is 0. The minimum atomic E-state index is -0.380. The van der Waals surface area contributed by atoms with E-state index in [9.17, 15) is 9.59 Å². The second-order valence-corrected chi connectivity index (χ2v) is 3.03. The van der Waals surface area contributed by atoms with Crippen LogP contribution in [0.1, 0.15) is 23.3 Å². The highest BCUT2D eigenvalue weighted by Crippen LogP contribution is 1.99. The van der Waals surface area contributed by atoms with Crippen LogP contribution in [0.4, 0.5) is 5.82 Å². The average molecular weight is 211 g/mol. The molecule has 0 radical (unpaired) electrons. The predicted molar refractivity (Wildman–Crippen MR) is 53.8 cm³/mol. The van der Waals surface area contributed by atoms with Gasteiger partial charge in [-0.05, 0) is 6.42 Å². The Morgan fingerprint density at radius 1 is 1.53 bits per heavy atom. The van der Waals surface area contributed by atoms with Crippen LogP contribution in [0.25, 0.3) is 0 Å². The molecule has 0 aliphatic carbocycles. The van der Waals surface area contributed by atoms with Crippen LogP contribution in [0.2, 0.25) is 0 Å². The van der Waals surface area contributed by atoms with Crippen molar-refractivity contribution >= 4 is 17.6 Å². The number of nitrogen functional groups attached to an aromatic ring is 1. The van der Waals surface area contributed by atoms with E-state index in [2.05, 4.69) is 15.5 Å². The van der Waals surface area contributed by atoms with Crippen LogP contribution in [0.3, 0.4) is 0 Å². The van der Waals surface area contributed by atoms with Crippen molar-refractivity contribution < 1.29 is 9.59 Å².